The first kappa shape index (κ1) is 18.8. The van der Waals surface area contributed by atoms with Crippen molar-refractivity contribution in [3.05, 3.63) is 59.7 Å². The van der Waals surface area contributed by atoms with Crippen LogP contribution in [0.2, 0.25) is 0 Å². The standard InChI is InChI=1S/C21H21N5O3/c1-13(2)26-17-6-4-3-5-16(17)24-18(26)12-23-19(27)8-10-25-20(28)14-7-9-22-11-15(14)21(25)29/h3-7,9,11,13H,8,10,12H2,1-2H3,(H,23,27). The van der Waals surface area contributed by atoms with Crippen LogP contribution >= 0.6 is 0 Å². The fourth-order valence-corrected chi connectivity index (χ4v) is 3.61. The van der Waals surface area contributed by atoms with E-state index in [1.165, 1.54) is 18.5 Å². The van der Waals surface area contributed by atoms with E-state index in [-0.39, 0.29) is 42.9 Å². The van der Waals surface area contributed by atoms with Gasteiger partial charge in [0.2, 0.25) is 5.91 Å². The number of fused-ring (bicyclic) bond motifs is 2. The van der Waals surface area contributed by atoms with Crippen LogP contribution in [0.25, 0.3) is 11.0 Å². The van der Waals surface area contributed by atoms with Gasteiger partial charge in [-0.15, -0.1) is 0 Å². The fraction of sp³-hybridized carbons (Fsp3) is 0.286. The molecule has 1 aliphatic heterocycles. The molecule has 3 heterocycles. The Morgan fingerprint density at radius 3 is 2.62 bits per heavy atom. The summed E-state index contributed by atoms with van der Waals surface area (Å²) in [5.41, 5.74) is 2.51. The summed E-state index contributed by atoms with van der Waals surface area (Å²) in [4.78, 5) is 46.6. The van der Waals surface area contributed by atoms with Gasteiger partial charge < -0.3 is 9.88 Å². The zero-order valence-corrected chi connectivity index (χ0v) is 16.3. The van der Waals surface area contributed by atoms with Crippen LogP contribution in [-0.4, -0.2) is 43.7 Å². The molecule has 0 aliphatic carbocycles. The Bertz CT molecular complexity index is 1080. The monoisotopic (exact) mass is 391 g/mol. The first-order valence-electron chi connectivity index (χ1n) is 9.50. The van der Waals surface area contributed by atoms with Crippen LogP contribution in [0, 0.1) is 0 Å². The maximum absolute atomic E-state index is 12.4. The van der Waals surface area contributed by atoms with Crippen molar-refractivity contribution in [3.8, 4) is 0 Å². The van der Waals surface area contributed by atoms with E-state index < -0.39 is 5.91 Å². The molecular weight excluding hydrogens is 370 g/mol. The molecule has 4 rings (SSSR count). The number of nitrogens with zero attached hydrogens (tertiary/aromatic N) is 4. The maximum atomic E-state index is 12.4. The Morgan fingerprint density at radius 2 is 1.86 bits per heavy atom. The van der Waals surface area contributed by atoms with Crippen LogP contribution in [0.1, 0.15) is 52.9 Å². The van der Waals surface area contributed by atoms with Gasteiger partial charge >= 0.3 is 0 Å². The van der Waals surface area contributed by atoms with E-state index >= 15 is 0 Å². The minimum Gasteiger partial charge on any atom is -0.349 e. The Kier molecular flexibility index (Phi) is 4.84. The molecule has 0 unspecified atom stereocenters. The number of amides is 3. The molecule has 0 atom stereocenters. The number of nitrogens with one attached hydrogen (secondary N) is 1. The van der Waals surface area contributed by atoms with Gasteiger partial charge in [0.05, 0.1) is 28.7 Å². The van der Waals surface area contributed by atoms with Crippen molar-refractivity contribution in [2.45, 2.75) is 32.9 Å². The summed E-state index contributed by atoms with van der Waals surface area (Å²) in [6.45, 7) is 4.43. The molecule has 1 aromatic carbocycles. The molecule has 0 fully saturated rings. The molecule has 0 bridgehead atoms. The van der Waals surface area contributed by atoms with Gasteiger partial charge in [-0.05, 0) is 32.0 Å². The summed E-state index contributed by atoms with van der Waals surface area (Å²) in [5, 5.41) is 2.85. The fourth-order valence-electron chi connectivity index (χ4n) is 3.61. The van der Waals surface area contributed by atoms with Crippen LogP contribution in [-0.2, 0) is 11.3 Å². The number of carbonyl (C=O) groups excluding carboxylic acids is 3. The summed E-state index contributed by atoms with van der Waals surface area (Å²) in [6.07, 6.45) is 2.88. The maximum Gasteiger partial charge on any atom is 0.263 e. The largest absolute Gasteiger partial charge is 0.349 e. The zero-order chi connectivity index (χ0) is 20.5. The van der Waals surface area contributed by atoms with E-state index in [1.807, 2.05) is 24.3 Å². The van der Waals surface area contributed by atoms with Crippen LogP contribution in [0.4, 0.5) is 0 Å². The topological polar surface area (TPSA) is 97.2 Å². The number of imidazole rings is 1. The number of imide groups is 1. The Morgan fingerprint density at radius 1 is 1.10 bits per heavy atom. The van der Waals surface area contributed by atoms with E-state index in [9.17, 15) is 14.4 Å². The van der Waals surface area contributed by atoms with Crippen LogP contribution in [0.15, 0.2) is 42.7 Å². The Labute approximate surface area is 167 Å². The second-order valence-corrected chi connectivity index (χ2v) is 7.19. The number of pyridine rings is 1. The molecule has 3 aromatic rings. The van der Waals surface area contributed by atoms with E-state index in [2.05, 4.69) is 33.7 Å². The van der Waals surface area contributed by atoms with Crippen LogP contribution in [0.5, 0.6) is 0 Å². The number of benzene rings is 1. The van der Waals surface area contributed by atoms with Crippen LogP contribution < -0.4 is 5.32 Å². The highest BCUT2D eigenvalue weighted by Gasteiger charge is 2.35. The van der Waals surface area contributed by atoms with Crippen molar-refractivity contribution < 1.29 is 14.4 Å². The van der Waals surface area contributed by atoms with Gasteiger partial charge in [0, 0.05) is 31.4 Å². The lowest BCUT2D eigenvalue weighted by Gasteiger charge is -2.15. The number of hydrogen-bond donors (Lipinski definition) is 1. The Balaban J connectivity index is 1.39. The van der Waals surface area contributed by atoms with Crippen molar-refractivity contribution in [2.75, 3.05) is 6.54 Å². The van der Waals surface area contributed by atoms with Gasteiger partial charge in [-0.25, -0.2) is 4.98 Å². The molecule has 0 saturated heterocycles. The molecule has 0 radical (unpaired) electrons. The van der Waals surface area contributed by atoms with Gasteiger partial charge in [0.25, 0.3) is 11.8 Å². The van der Waals surface area contributed by atoms with Crippen molar-refractivity contribution in [2.24, 2.45) is 0 Å². The average molecular weight is 391 g/mol. The molecule has 2 aromatic heterocycles. The molecule has 1 N–H and O–H groups in total. The molecule has 8 nitrogen and oxygen atoms in total. The van der Waals surface area contributed by atoms with Gasteiger partial charge in [0.1, 0.15) is 5.82 Å². The second kappa shape index (κ2) is 7.46. The molecule has 148 valence electrons. The van der Waals surface area contributed by atoms with Crippen molar-refractivity contribution >= 4 is 28.8 Å². The number of para-hydroxylation sites is 2. The minimum absolute atomic E-state index is 0.0266. The number of rotatable bonds is 6. The van der Waals surface area contributed by atoms with E-state index in [0.717, 1.165) is 21.8 Å². The van der Waals surface area contributed by atoms with E-state index in [1.54, 1.807) is 0 Å². The van der Waals surface area contributed by atoms with Gasteiger partial charge in [-0.3, -0.25) is 24.3 Å². The molecule has 3 amide bonds. The lowest BCUT2D eigenvalue weighted by molar-refractivity contribution is -0.121. The second-order valence-electron chi connectivity index (χ2n) is 7.19. The zero-order valence-electron chi connectivity index (χ0n) is 16.3. The number of hydrogen-bond acceptors (Lipinski definition) is 5. The average Bonchev–Trinajstić information content (AvgIpc) is 3.21. The predicted molar refractivity (Wildman–Crippen MR) is 106 cm³/mol. The molecule has 0 saturated carbocycles. The summed E-state index contributed by atoms with van der Waals surface area (Å²) in [6, 6.07) is 9.55. The highest BCUT2D eigenvalue weighted by atomic mass is 16.2. The number of carbonyl (C=O) groups is 3. The minimum atomic E-state index is -0.410. The third-order valence-electron chi connectivity index (χ3n) is 4.96. The highest BCUT2D eigenvalue weighted by Crippen LogP contribution is 2.22. The van der Waals surface area contributed by atoms with Crippen molar-refractivity contribution in [1.82, 2.24) is 24.8 Å². The smallest absolute Gasteiger partial charge is 0.263 e. The Hall–Kier alpha value is -3.55. The van der Waals surface area contributed by atoms with E-state index in [4.69, 9.17) is 0 Å². The number of aromatic nitrogens is 3. The lowest BCUT2D eigenvalue weighted by Crippen LogP contribution is -2.34. The highest BCUT2D eigenvalue weighted by molar-refractivity contribution is 6.21. The van der Waals surface area contributed by atoms with Gasteiger partial charge in [0.15, 0.2) is 0 Å². The summed E-state index contributed by atoms with van der Waals surface area (Å²) >= 11 is 0. The molecule has 29 heavy (non-hydrogen) atoms. The van der Waals surface area contributed by atoms with Crippen LogP contribution in [0.3, 0.4) is 0 Å². The van der Waals surface area contributed by atoms with Crippen molar-refractivity contribution in [1.29, 1.82) is 0 Å². The quantitative estimate of drug-likeness (QED) is 0.651. The van der Waals surface area contributed by atoms with E-state index in [0.29, 0.717) is 5.56 Å². The third kappa shape index (κ3) is 3.37. The molecule has 0 spiro atoms. The first-order chi connectivity index (χ1) is 14.0. The summed E-state index contributed by atoms with van der Waals surface area (Å²) < 4.78 is 2.09. The normalized spacial score (nSPS) is 13.4. The van der Waals surface area contributed by atoms with Crippen molar-refractivity contribution in [3.63, 3.8) is 0 Å². The summed E-state index contributed by atoms with van der Waals surface area (Å²) in [7, 11) is 0. The van der Waals surface area contributed by atoms with Gasteiger partial charge in [-0.2, -0.15) is 0 Å². The van der Waals surface area contributed by atoms with Gasteiger partial charge in [-0.1, -0.05) is 12.1 Å². The molecular formula is C21H21N5O3. The summed E-state index contributed by atoms with van der Waals surface area (Å²) in [5.74, 6) is -0.280. The molecule has 1 aliphatic rings. The third-order valence-corrected chi connectivity index (χ3v) is 4.96. The lowest BCUT2D eigenvalue weighted by atomic mass is 10.2. The first-order valence-corrected chi connectivity index (χ1v) is 9.50. The molecule has 8 heteroatoms. The predicted octanol–water partition coefficient (Wildman–Crippen LogP) is 2.31. The SMILES string of the molecule is CC(C)n1c(CNC(=O)CCN2C(=O)c3ccncc3C2=O)nc2ccccc21.